The Morgan fingerprint density at radius 3 is 2.56 bits per heavy atom. The van der Waals surface area contributed by atoms with Crippen LogP contribution in [-0.4, -0.2) is 29.9 Å². The number of rotatable bonds is 3. The summed E-state index contributed by atoms with van der Waals surface area (Å²) in [4.78, 5) is 4.33. The Morgan fingerprint density at radius 2 is 2.06 bits per heavy atom. The van der Waals surface area contributed by atoms with Gasteiger partial charge in [-0.1, -0.05) is 0 Å². The molecule has 1 aromatic rings. The summed E-state index contributed by atoms with van der Waals surface area (Å²) in [6.07, 6.45) is -3.57. The Bertz CT molecular complexity index is 367. The van der Waals surface area contributed by atoms with E-state index in [2.05, 4.69) is 4.98 Å². The van der Waals surface area contributed by atoms with Crippen molar-refractivity contribution in [1.29, 1.82) is 0 Å². The van der Waals surface area contributed by atoms with Crippen LogP contribution in [0.25, 0.3) is 0 Å². The molecule has 1 rings (SSSR count). The minimum atomic E-state index is -4.38. The molecule has 90 valence electrons. The molecule has 0 spiro atoms. The molecule has 0 aliphatic rings. The second-order valence-electron chi connectivity index (χ2n) is 3.27. The zero-order chi connectivity index (χ0) is 12.3. The van der Waals surface area contributed by atoms with Gasteiger partial charge in [0.05, 0.1) is 12.8 Å². The van der Waals surface area contributed by atoms with Crippen LogP contribution < -0.4 is 4.90 Å². The SMILES string of the molecule is CN(CC(F)(F)F)c1ncc(F)cc1CO. The van der Waals surface area contributed by atoms with E-state index >= 15 is 0 Å². The molecule has 7 heteroatoms. The van der Waals surface area contributed by atoms with Crippen molar-refractivity contribution in [2.24, 2.45) is 0 Å². The minimum Gasteiger partial charge on any atom is -0.392 e. The average molecular weight is 238 g/mol. The maximum atomic E-state index is 12.7. The minimum absolute atomic E-state index is 0.0201. The highest BCUT2D eigenvalue weighted by Crippen LogP contribution is 2.22. The Kier molecular flexibility index (Phi) is 3.69. The summed E-state index contributed by atoms with van der Waals surface area (Å²) in [5, 5.41) is 8.88. The molecule has 0 amide bonds. The van der Waals surface area contributed by atoms with Gasteiger partial charge in [0.2, 0.25) is 0 Å². The van der Waals surface area contributed by atoms with Crippen LogP contribution in [0.1, 0.15) is 5.56 Å². The van der Waals surface area contributed by atoms with Crippen molar-refractivity contribution in [3.8, 4) is 0 Å². The third kappa shape index (κ3) is 3.34. The number of aromatic nitrogens is 1. The van der Waals surface area contributed by atoms with Crippen molar-refractivity contribution in [2.75, 3.05) is 18.5 Å². The molecule has 0 aliphatic heterocycles. The second-order valence-corrected chi connectivity index (χ2v) is 3.27. The summed E-state index contributed by atoms with van der Waals surface area (Å²) in [5.41, 5.74) is 0.0201. The number of pyridine rings is 1. The van der Waals surface area contributed by atoms with Gasteiger partial charge in [-0.05, 0) is 6.07 Å². The lowest BCUT2D eigenvalue weighted by Crippen LogP contribution is -2.32. The highest BCUT2D eigenvalue weighted by Gasteiger charge is 2.30. The number of nitrogens with zero attached hydrogens (tertiary/aromatic N) is 2. The molecule has 0 saturated carbocycles. The third-order valence-electron chi connectivity index (χ3n) is 1.86. The van der Waals surface area contributed by atoms with Gasteiger partial charge in [-0.25, -0.2) is 9.37 Å². The predicted octanol–water partition coefficient (Wildman–Crippen LogP) is 1.71. The predicted molar refractivity (Wildman–Crippen MR) is 49.4 cm³/mol. The molecule has 0 saturated heterocycles. The maximum absolute atomic E-state index is 12.7. The summed E-state index contributed by atoms with van der Waals surface area (Å²) >= 11 is 0. The van der Waals surface area contributed by atoms with Crippen molar-refractivity contribution in [3.05, 3.63) is 23.6 Å². The van der Waals surface area contributed by atoms with Crippen LogP contribution >= 0.6 is 0 Å². The summed E-state index contributed by atoms with van der Waals surface area (Å²) < 4.78 is 49.0. The van der Waals surface area contributed by atoms with E-state index in [4.69, 9.17) is 5.11 Å². The lowest BCUT2D eigenvalue weighted by Gasteiger charge is -2.21. The van der Waals surface area contributed by atoms with Gasteiger partial charge >= 0.3 is 6.18 Å². The van der Waals surface area contributed by atoms with E-state index in [9.17, 15) is 17.6 Å². The van der Waals surface area contributed by atoms with Gasteiger partial charge in [0.1, 0.15) is 18.2 Å². The van der Waals surface area contributed by atoms with Crippen molar-refractivity contribution in [3.63, 3.8) is 0 Å². The summed E-state index contributed by atoms with van der Waals surface area (Å²) in [6, 6.07) is 0.954. The molecule has 0 fully saturated rings. The molecule has 0 bridgehead atoms. The number of alkyl halides is 3. The van der Waals surface area contributed by atoms with Crippen LogP contribution in [0.5, 0.6) is 0 Å². The number of hydrogen-bond donors (Lipinski definition) is 1. The fraction of sp³-hybridized carbons (Fsp3) is 0.444. The quantitative estimate of drug-likeness (QED) is 0.814. The molecule has 3 nitrogen and oxygen atoms in total. The lowest BCUT2D eigenvalue weighted by atomic mass is 10.2. The number of hydrogen-bond acceptors (Lipinski definition) is 3. The highest BCUT2D eigenvalue weighted by molar-refractivity contribution is 5.45. The Hall–Kier alpha value is -1.37. The standard InChI is InChI=1S/C9H10F4N2O/c1-15(5-9(11,12)13)8-6(4-16)2-7(10)3-14-8/h2-3,16H,4-5H2,1H3. The van der Waals surface area contributed by atoms with Gasteiger partial charge in [-0.3, -0.25) is 0 Å². The zero-order valence-electron chi connectivity index (χ0n) is 8.42. The number of halogens is 4. The summed E-state index contributed by atoms with van der Waals surface area (Å²) in [5.74, 6) is -0.783. The summed E-state index contributed by atoms with van der Waals surface area (Å²) in [6.45, 7) is -1.78. The highest BCUT2D eigenvalue weighted by atomic mass is 19.4. The van der Waals surface area contributed by atoms with E-state index in [1.165, 1.54) is 7.05 Å². The molecular weight excluding hydrogens is 228 g/mol. The van der Waals surface area contributed by atoms with E-state index in [0.717, 1.165) is 17.2 Å². The third-order valence-corrected chi connectivity index (χ3v) is 1.86. The molecule has 1 N–H and O–H groups in total. The summed E-state index contributed by atoms with van der Waals surface area (Å²) in [7, 11) is 1.17. The number of aliphatic hydroxyl groups is 1. The molecule has 0 aromatic carbocycles. The molecule has 16 heavy (non-hydrogen) atoms. The monoisotopic (exact) mass is 238 g/mol. The first-order valence-corrected chi connectivity index (χ1v) is 4.36. The number of aliphatic hydroxyl groups excluding tert-OH is 1. The van der Waals surface area contributed by atoms with Gasteiger partial charge in [-0.2, -0.15) is 13.2 Å². The first kappa shape index (κ1) is 12.7. The molecule has 1 aromatic heterocycles. The average Bonchev–Trinajstić information content (AvgIpc) is 2.14. The van der Waals surface area contributed by atoms with Crippen molar-refractivity contribution in [1.82, 2.24) is 4.98 Å². The van der Waals surface area contributed by atoms with E-state index in [1.54, 1.807) is 0 Å². The first-order valence-electron chi connectivity index (χ1n) is 4.36. The fourth-order valence-corrected chi connectivity index (χ4v) is 1.28. The van der Waals surface area contributed by atoms with Gasteiger partial charge in [-0.15, -0.1) is 0 Å². The van der Waals surface area contributed by atoms with Crippen molar-refractivity contribution in [2.45, 2.75) is 12.8 Å². The van der Waals surface area contributed by atoms with E-state index in [0.29, 0.717) is 0 Å². The number of anilines is 1. The molecule has 0 atom stereocenters. The van der Waals surface area contributed by atoms with Crippen LogP contribution in [0, 0.1) is 5.82 Å². The largest absolute Gasteiger partial charge is 0.405 e. The fourth-order valence-electron chi connectivity index (χ4n) is 1.28. The van der Waals surface area contributed by atoms with E-state index in [-0.39, 0.29) is 11.4 Å². The Balaban J connectivity index is 2.94. The molecule has 1 heterocycles. The second kappa shape index (κ2) is 4.65. The van der Waals surface area contributed by atoms with Gasteiger partial charge in [0.15, 0.2) is 0 Å². The van der Waals surface area contributed by atoms with Crippen LogP contribution in [0.15, 0.2) is 12.3 Å². The van der Waals surface area contributed by atoms with Gasteiger partial charge in [0.25, 0.3) is 0 Å². The van der Waals surface area contributed by atoms with E-state index < -0.39 is 25.1 Å². The van der Waals surface area contributed by atoms with Gasteiger partial charge < -0.3 is 10.0 Å². The van der Waals surface area contributed by atoms with Gasteiger partial charge in [0, 0.05) is 12.6 Å². The molecular formula is C9H10F4N2O. The Morgan fingerprint density at radius 1 is 1.44 bits per heavy atom. The Labute approximate surface area is 89.3 Å². The van der Waals surface area contributed by atoms with Crippen molar-refractivity contribution < 1.29 is 22.7 Å². The van der Waals surface area contributed by atoms with Crippen LogP contribution in [0.4, 0.5) is 23.4 Å². The van der Waals surface area contributed by atoms with Crippen LogP contribution in [0.2, 0.25) is 0 Å². The molecule has 0 radical (unpaired) electrons. The first-order chi connectivity index (χ1) is 7.33. The smallest absolute Gasteiger partial charge is 0.392 e. The van der Waals surface area contributed by atoms with Crippen LogP contribution in [0.3, 0.4) is 0 Å². The zero-order valence-corrected chi connectivity index (χ0v) is 8.42. The maximum Gasteiger partial charge on any atom is 0.405 e. The van der Waals surface area contributed by atoms with Crippen molar-refractivity contribution >= 4 is 5.82 Å². The van der Waals surface area contributed by atoms with Crippen LogP contribution in [-0.2, 0) is 6.61 Å². The molecule has 0 unspecified atom stereocenters. The topological polar surface area (TPSA) is 36.4 Å². The lowest BCUT2D eigenvalue weighted by molar-refractivity contribution is -0.119. The molecule has 0 aliphatic carbocycles. The van der Waals surface area contributed by atoms with E-state index in [1.807, 2.05) is 0 Å². The normalized spacial score (nSPS) is 11.6.